The lowest BCUT2D eigenvalue weighted by molar-refractivity contribution is 0.102. The lowest BCUT2D eigenvalue weighted by Gasteiger charge is -2.21. The van der Waals surface area contributed by atoms with Gasteiger partial charge in [-0.15, -0.1) is 0 Å². The van der Waals surface area contributed by atoms with Crippen molar-refractivity contribution in [3.63, 3.8) is 0 Å². The highest BCUT2D eigenvalue weighted by Gasteiger charge is 2.26. The summed E-state index contributed by atoms with van der Waals surface area (Å²) in [6.45, 7) is 38.6. The average molecular weight is 2040 g/mol. The largest absolute Gasteiger partial charge is 0.490 e. The molecule has 5 amide bonds. The smallest absolute Gasteiger partial charge is 0.323 e. The molecule has 0 saturated heterocycles. The Morgan fingerprint density at radius 3 is 0.575 bits per heavy atom. The van der Waals surface area contributed by atoms with Crippen LogP contribution in [-0.4, -0.2) is 77.4 Å². The maximum Gasteiger partial charge on any atom is 0.323 e. The second-order valence-corrected chi connectivity index (χ2v) is 45.2. The van der Waals surface area contributed by atoms with Gasteiger partial charge in [-0.05, 0) is 124 Å². The maximum atomic E-state index is 15.7. The van der Waals surface area contributed by atoms with E-state index in [1.807, 2.05) is 24.3 Å². The van der Waals surface area contributed by atoms with Crippen LogP contribution in [0.4, 0.5) is 38.0 Å². The van der Waals surface area contributed by atoms with E-state index in [1.165, 1.54) is 308 Å². The normalized spacial score (nSPS) is 12.2. The molecule has 0 aliphatic rings. The third kappa shape index (κ3) is 69.5. The number of carbonyl (C=O) groups excluding carboxylic acids is 3. The molecule has 0 unspecified atom stereocenters. The molecule has 0 radical (unpaired) electrons. The first kappa shape index (κ1) is 131. The molecule has 4 rings (SSSR count). The van der Waals surface area contributed by atoms with E-state index in [0.29, 0.717) is 169 Å². The van der Waals surface area contributed by atoms with Crippen LogP contribution in [0.3, 0.4) is 0 Å². The summed E-state index contributed by atoms with van der Waals surface area (Å²) >= 11 is 0. The number of nitrogens with one attached hydrogen (secondary N) is 5. The summed E-state index contributed by atoms with van der Waals surface area (Å²) in [5, 5.41) is 16.0. The molecule has 0 aliphatic heterocycles. The van der Waals surface area contributed by atoms with Crippen molar-refractivity contribution in [1.29, 1.82) is 0 Å². The molecule has 146 heavy (non-hydrogen) atoms. The number of carbonyl (C=O) groups is 3. The van der Waals surface area contributed by atoms with Crippen molar-refractivity contribution in [2.45, 2.75) is 566 Å². The van der Waals surface area contributed by atoms with Gasteiger partial charge < -0.3 is 69.2 Å². The van der Waals surface area contributed by atoms with E-state index in [9.17, 15) is 0 Å². The Bertz CT molecular complexity index is 3470. The van der Waals surface area contributed by atoms with Gasteiger partial charge in [0.25, 0.3) is 5.91 Å². The minimum Gasteiger partial charge on any atom is -0.490 e. The number of unbranched alkanes of at least 4 members (excludes halogenated alkanes) is 54. The summed E-state index contributed by atoms with van der Waals surface area (Å²) in [4.78, 5) is 46.3. The van der Waals surface area contributed by atoms with Gasteiger partial charge in [-0.2, -0.15) is 0 Å². The minimum atomic E-state index is -0.567. The average Bonchev–Trinajstić information content (AvgIpc) is 0.806. The van der Waals surface area contributed by atoms with E-state index >= 15 is 14.4 Å². The molecule has 0 spiro atoms. The minimum absolute atomic E-state index is 0.288. The van der Waals surface area contributed by atoms with Crippen molar-refractivity contribution in [2.75, 3.05) is 86.0 Å². The number of ether oxygens (including phenoxy) is 9. The van der Waals surface area contributed by atoms with E-state index in [1.54, 1.807) is 30.3 Å². The Morgan fingerprint density at radius 1 is 0.185 bits per heavy atom. The van der Waals surface area contributed by atoms with Gasteiger partial charge >= 0.3 is 12.1 Å². The molecule has 0 saturated carbocycles. The summed E-state index contributed by atoms with van der Waals surface area (Å²) in [7, 11) is 0. The van der Waals surface area contributed by atoms with Gasteiger partial charge in [0.2, 0.25) is 17.2 Å². The molecule has 0 fully saturated rings. The van der Waals surface area contributed by atoms with Crippen LogP contribution in [-0.2, 0) is 0 Å². The number of hydrogen-bond donors (Lipinski definition) is 5. The van der Waals surface area contributed by atoms with Crippen LogP contribution in [0.2, 0.25) is 0 Å². The van der Waals surface area contributed by atoms with Crippen LogP contribution in [0.5, 0.6) is 51.7 Å². The van der Waals surface area contributed by atoms with E-state index in [2.05, 4.69) is 130 Å². The number of anilines is 5. The third-order valence-corrected chi connectivity index (χ3v) is 29.1. The lowest BCUT2D eigenvalue weighted by atomic mass is 9.97. The maximum absolute atomic E-state index is 15.7. The fourth-order valence-electron chi connectivity index (χ4n) is 19.5. The summed E-state index contributed by atoms with van der Waals surface area (Å²) in [5.41, 5.74) is 2.09. The SMILES string of the molecule is CCCCCCCCCCCCOc1cc(NC(=O)Nc2cc(NC(=O)Nc3cc(OCCCCCCCCCCCC)c(OCCCCCCCCCCCC)c(OCCCCCCCCCCCC)c3)cc(NC(=O)c3cc(OCC[C@H](C)CCCC(C)C)c(OCC[C@H](C)CCCC(C)C)c(OCC[C@H](C)CCCC(C)C)c3)c2)cc(OCCCCCCCCCCCC)c1OCCCCCCCCCCCC. The molecular weight excluding hydrogens is 1810 g/mol. The Labute approximate surface area is 897 Å². The number of amides is 5. The van der Waals surface area contributed by atoms with Crippen molar-refractivity contribution in [3.8, 4) is 51.7 Å². The molecule has 3 atom stereocenters. The van der Waals surface area contributed by atoms with Gasteiger partial charge in [-0.3, -0.25) is 4.79 Å². The van der Waals surface area contributed by atoms with Gasteiger partial charge in [0, 0.05) is 46.9 Å². The van der Waals surface area contributed by atoms with Crippen LogP contribution < -0.4 is 69.2 Å². The number of urea groups is 2. The first-order valence-electron chi connectivity index (χ1n) is 62.1. The molecule has 4 aromatic rings. The summed E-state index contributed by atoms with van der Waals surface area (Å²) in [6, 6.07) is 15.1. The molecule has 0 bridgehead atoms. The van der Waals surface area contributed by atoms with Crippen LogP contribution in [0, 0.1) is 35.5 Å². The van der Waals surface area contributed by atoms with Gasteiger partial charge in [-0.1, -0.05) is 508 Å². The zero-order valence-electron chi connectivity index (χ0n) is 97.3. The second kappa shape index (κ2) is 90.8. The van der Waals surface area contributed by atoms with Crippen LogP contribution in [0.25, 0.3) is 0 Å². The van der Waals surface area contributed by atoms with Crippen molar-refractivity contribution in [1.82, 2.24) is 0 Å². The van der Waals surface area contributed by atoms with Crippen LogP contribution in [0.15, 0.2) is 54.6 Å². The Morgan fingerprint density at radius 2 is 0.356 bits per heavy atom. The number of rotatable bonds is 102. The van der Waals surface area contributed by atoms with Gasteiger partial charge in [0.1, 0.15) is 0 Å². The Balaban J connectivity index is 1.95. The topological polar surface area (TPSA) is 194 Å². The first-order chi connectivity index (χ1) is 71.3. The quantitative estimate of drug-likeness (QED) is 0.0263. The first-order valence-corrected chi connectivity index (χ1v) is 62.1. The number of benzene rings is 4. The fraction of sp³-hybridized carbons (Fsp3) is 0.791. The standard InChI is InChI=1S/C129H227N5O12/c1-16-22-28-34-40-46-52-58-64-70-88-138-120-102-116(103-121(139-89-71-65-59-53-47-41-35-29-23-17-2)125(120)144-92-74-68-62-56-50-44-38-32-26-20-5)133-128(136)131-114-99-113(130-127(135)112-97-118(142-94-85-109(13)82-76-79-106(7)8)124(146-96-87-111(15)84-78-81-108(11)12)119(98-112)143-95-86-110(14)83-77-80-107(9)10)100-115(101-114)132-129(137)134-117-104-122(140-90-72-66-60-54-48-42-36-30-24-18-3)126(145-93-75-69-63-57-51-45-39-33-27-21-6)123(105-117)141-91-73-67-61-55-49-43-37-31-25-19-4/h97-111H,16-96H2,1-15H3,(H,130,135)(H2,131,133,136)(H2,132,134,137)/t109-,110-,111-/m1/s1. The highest BCUT2D eigenvalue weighted by molar-refractivity contribution is 6.07. The van der Waals surface area contributed by atoms with Crippen molar-refractivity contribution >= 4 is 46.4 Å². The predicted octanol–water partition coefficient (Wildman–Crippen LogP) is 41.7. The fourth-order valence-corrected chi connectivity index (χ4v) is 19.5. The van der Waals surface area contributed by atoms with E-state index in [-0.39, 0.29) is 11.4 Å². The van der Waals surface area contributed by atoms with Crippen LogP contribution >= 0.6 is 0 Å². The van der Waals surface area contributed by atoms with E-state index < -0.39 is 18.0 Å². The van der Waals surface area contributed by atoms with Gasteiger partial charge in [0.05, 0.1) is 70.8 Å². The molecule has 0 aliphatic carbocycles. The molecule has 0 heterocycles. The van der Waals surface area contributed by atoms with Crippen molar-refractivity contribution in [3.05, 3.63) is 60.2 Å². The number of hydrogen-bond acceptors (Lipinski definition) is 12. The summed E-state index contributed by atoms with van der Waals surface area (Å²) in [5.74, 6) is 7.40. The molecule has 4 aromatic carbocycles. The van der Waals surface area contributed by atoms with E-state index in [0.717, 1.165) is 154 Å². The highest BCUT2D eigenvalue weighted by atomic mass is 16.6. The third-order valence-electron chi connectivity index (χ3n) is 29.1. The summed E-state index contributed by atoms with van der Waals surface area (Å²) < 4.78 is 61.8. The predicted molar refractivity (Wildman–Crippen MR) is 627 cm³/mol. The zero-order chi connectivity index (χ0) is 105. The second-order valence-electron chi connectivity index (χ2n) is 45.2. The molecule has 17 heteroatoms. The zero-order valence-corrected chi connectivity index (χ0v) is 97.3. The van der Waals surface area contributed by atoms with Gasteiger partial charge in [0.15, 0.2) is 34.5 Å². The molecule has 0 aromatic heterocycles. The molecule has 840 valence electrons. The summed E-state index contributed by atoms with van der Waals surface area (Å²) in [6.07, 6.45) is 85.3. The Kier molecular flexibility index (Phi) is 81.7. The van der Waals surface area contributed by atoms with Crippen molar-refractivity contribution in [2.24, 2.45) is 35.5 Å². The molecular formula is C129H227N5O12. The molecule has 17 nitrogen and oxygen atoms in total. The van der Waals surface area contributed by atoms with Gasteiger partial charge in [-0.25, -0.2) is 9.59 Å². The Hall–Kier alpha value is -6.91. The lowest BCUT2D eigenvalue weighted by Crippen LogP contribution is -2.22. The highest BCUT2D eigenvalue weighted by Crippen LogP contribution is 2.45. The van der Waals surface area contributed by atoms with Crippen molar-refractivity contribution < 1.29 is 57.0 Å². The van der Waals surface area contributed by atoms with Crippen LogP contribution in [0.1, 0.15) is 577 Å². The molecule has 5 N–H and O–H groups in total. The monoisotopic (exact) mass is 2040 g/mol. The van der Waals surface area contributed by atoms with E-state index in [4.69, 9.17) is 42.6 Å².